The number of carbonyl (C=O) groups is 1. The summed E-state index contributed by atoms with van der Waals surface area (Å²) >= 11 is 8.22. The Kier molecular flexibility index (Phi) is 4.26. The van der Waals surface area contributed by atoms with Gasteiger partial charge in [0.2, 0.25) is 0 Å². The summed E-state index contributed by atoms with van der Waals surface area (Å²) < 4.78 is 1.00. The number of carbonyl (C=O) groups excluding carboxylic acids is 1. The summed E-state index contributed by atoms with van der Waals surface area (Å²) in [5.41, 5.74) is 7.34. The maximum Gasteiger partial charge on any atom is 0.255 e. The molecule has 1 aromatic heterocycles. The second-order valence-electron chi connectivity index (χ2n) is 4.00. The molecule has 3 N–H and O–H groups in total. The smallest absolute Gasteiger partial charge is 0.255 e. The number of halogens is 2. The molecule has 0 radical (unpaired) electrons. The lowest BCUT2D eigenvalue weighted by Crippen LogP contribution is -2.13. The predicted octanol–water partition coefficient (Wildman–Crippen LogP) is 3.48. The first-order valence-electron chi connectivity index (χ1n) is 5.46. The molecule has 0 saturated heterocycles. The summed E-state index contributed by atoms with van der Waals surface area (Å²) in [5, 5.41) is 3.25. The highest BCUT2D eigenvalue weighted by molar-refractivity contribution is 14.1. The van der Waals surface area contributed by atoms with Crippen LogP contribution in [-0.2, 0) is 0 Å². The molecule has 0 spiro atoms. The number of nitrogens with one attached hydrogen (secondary N) is 1. The zero-order valence-corrected chi connectivity index (χ0v) is 13.0. The quantitative estimate of drug-likeness (QED) is 0.775. The van der Waals surface area contributed by atoms with E-state index in [0.717, 1.165) is 3.57 Å². The largest absolute Gasteiger partial charge is 0.384 e. The fraction of sp³-hybridized carbons (Fsp3) is 0.0769. The van der Waals surface area contributed by atoms with Gasteiger partial charge in [0.05, 0.1) is 10.7 Å². The number of aromatic nitrogens is 1. The highest BCUT2D eigenvalue weighted by atomic mass is 127. The Labute approximate surface area is 129 Å². The number of nitrogens with two attached hydrogens (primary N) is 1. The third kappa shape index (κ3) is 3.57. The summed E-state index contributed by atoms with van der Waals surface area (Å²) in [6, 6.07) is 8.62. The van der Waals surface area contributed by atoms with Gasteiger partial charge >= 0.3 is 0 Å². The molecule has 1 heterocycles. The molecule has 98 valence electrons. The molecule has 0 unspecified atom stereocenters. The lowest BCUT2D eigenvalue weighted by Gasteiger charge is -2.08. The molecule has 2 aromatic rings. The van der Waals surface area contributed by atoms with Crippen molar-refractivity contribution in [3.05, 3.63) is 50.2 Å². The van der Waals surface area contributed by atoms with E-state index in [1.54, 1.807) is 25.1 Å². The molecule has 1 amide bonds. The fourth-order valence-electron chi connectivity index (χ4n) is 1.61. The molecule has 1 aromatic carbocycles. The first-order chi connectivity index (χ1) is 8.95. The Morgan fingerprint density at radius 3 is 2.74 bits per heavy atom. The van der Waals surface area contributed by atoms with Crippen molar-refractivity contribution in [1.82, 2.24) is 4.98 Å². The van der Waals surface area contributed by atoms with Crippen LogP contribution in [0.25, 0.3) is 0 Å². The van der Waals surface area contributed by atoms with Crippen molar-refractivity contribution in [1.29, 1.82) is 0 Å². The minimum absolute atomic E-state index is 0.264. The van der Waals surface area contributed by atoms with Crippen molar-refractivity contribution in [3.63, 3.8) is 0 Å². The monoisotopic (exact) mass is 387 g/mol. The Hall–Kier alpha value is -1.34. The van der Waals surface area contributed by atoms with Crippen LogP contribution < -0.4 is 11.1 Å². The van der Waals surface area contributed by atoms with Crippen LogP contribution in [0, 0.1) is 10.5 Å². The van der Waals surface area contributed by atoms with Gasteiger partial charge in [0, 0.05) is 14.8 Å². The zero-order chi connectivity index (χ0) is 14.0. The van der Waals surface area contributed by atoms with Crippen LogP contribution in [0.5, 0.6) is 0 Å². The third-order valence-electron chi connectivity index (χ3n) is 2.41. The Bertz CT molecular complexity index is 626. The van der Waals surface area contributed by atoms with Gasteiger partial charge in [-0.15, -0.1) is 0 Å². The maximum atomic E-state index is 12.1. The molecule has 0 aliphatic heterocycles. The molecule has 0 bridgehead atoms. The molecule has 19 heavy (non-hydrogen) atoms. The van der Waals surface area contributed by atoms with E-state index in [1.807, 2.05) is 6.07 Å². The van der Waals surface area contributed by atoms with Gasteiger partial charge in [0.1, 0.15) is 5.82 Å². The minimum atomic E-state index is -0.264. The Morgan fingerprint density at radius 1 is 1.37 bits per heavy atom. The van der Waals surface area contributed by atoms with E-state index in [9.17, 15) is 4.79 Å². The lowest BCUT2D eigenvalue weighted by atomic mass is 10.2. The van der Waals surface area contributed by atoms with E-state index in [2.05, 4.69) is 32.9 Å². The standard InChI is InChI=1S/C13H11ClIN3O/c1-7-4-8(5-12(16)17-7)13(19)18-11-3-2-9(15)6-10(11)14/h2-6H,1H3,(H2,16,17)(H,18,19). The molecule has 0 saturated carbocycles. The second-order valence-corrected chi connectivity index (χ2v) is 5.65. The number of pyridine rings is 1. The number of nitrogen functional groups attached to an aromatic ring is 1. The molecule has 0 aliphatic carbocycles. The molecule has 0 aliphatic rings. The Balaban J connectivity index is 2.25. The average Bonchev–Trinajstić information content (AvgIpc) is 2.31. The van der Waals surface area contributed by atoms with Gasteiger partial charge in [-0.25, -0.2) is 4.98 Å². The lowest BCUT2D eigenvalue weighted by molar-refractivity contribution is 0.102. The van der Waals surface area contributed by atoms with Crippen LogP contribution in [0.15, 0.2) is 30.3 Å². The van der Waals surface area contributed by atoms with Crippen molar-refractivity contribution in [2.45, 2.75) is 6.92 Å². The number of rotatable bonds is 2. The summed E-state index contributed by atoms with van der Waals surface area (Å²) in [5.74, 6) is 0.0548. The number of anilines is 2. The third-order valence-corrected chi connectivity index (χ3v) is 3.40. The molecule has 4 nitrogen and oxygen atoms in total. The zero-order valence-electron chi connectivity index (χ0n) is 10.1. The molecular weight excluding hydrogens is 377 g/mol. The average molecular weight is 388 g/mol. The number of nitrogens with zero attached hydrogens (tertiary/aromatic N) is 1. The van der Waals surface area contributed by atoms with Gasteiger partial charge in [0.25, 0.3) is 5.91 Å². The topological polar surface area (TPSA) is 68.0 Å². The van der Waals surface area contributed by atoms with Crippen LogP contribution in [0.2, 0.25) is 5.02 Å². The van der Waals surface area contributed by atoms with Crippen molar-refractivity contribution in [3.8, 4) is 0 Å². The summed E-state index contributed by atoms with van der Waals surface area (Å²) in [4.78, 5) is 16.1. The first kappa shape index (κ1) is 14.1. The van der Waals surface area contributed by atoms with E-state index in [0.29, 0.717) is 27.8 Å². The van der Waals surface area contributed by atoms with E-state index in [4.69, 9.17) is 17.3 Å². The SMILES string of the molecule is Cc1cc(C(=O)Nc2ccc(I)cc2Cl)cc(N)n1. The minimum Gasteiger partial charge on any atom is -0.384 e. The number of hydrogen-bond acceptors (Lipinski definition) is 3. The normalized spacial score (nSPS) is 10.3. The number of aryl methyl sites for hydroxylation is 1. The highest BCUT2D eigenvalue weighted by Crippen LogP contribution is 2.24. The first-order valence-corrected chi connectivity index (χ1v) is 6.92. The van der Waals surface area contributed by atoms with Crippen LogP contribution in [0.4, 0.5) is 11.5 Å². The summed E-state index contributed by atoms with van der Waals surface area (Å²) in [6.07, 6.45) is 0. The Morgan fingerprint density at radius 2 is 2.11 bits per heavy atom. The number of amides is 1. The van der Waals surface area contributed by atoms with E-state index < -0.39 is 0 Å². The van der Waals surface area contributed by atoms with Gasteiger partial charge in [-0.2, -0.15) is 0 Å². The van der Waals surface area contributed by atoms with Crippen molar-refractivity contribution in [2.24, 2.45) is 0 Å². The van der Waals surface area contributed by atoms with Gasteiger partial charge in [-0.1, -0.05) is 11.6 Å². The van der Waals surface area contributed by atoms with Crippen LogP contribution in [0.3, 0.4) is 0 Å². The van der Waals surface area contributed by atoms with Gasteiger partial charge in [0.15, 0.2) is 0 Å². The molecule has 2 rings (SSSR count). The molecule has 0 atom stereocenters. The second kappa shape index (κ2) is 5.75. The van der Waals surface area contributed by atoms with E-state index >= 15 is 0 Å². The highest BCUT2D eigenvalue weighted by Gasteiger charge is 2.10. The van der Waals surface area contributed by atoms with Crippen LogP contribution in [0.1, 0.15) is 16.1 Å². The van der Waals surface area contributed by atoms with Gasteiger partial charge < -0.3 is 11.1 Å². The van der Waals surface area contributed by atoms with Crippen LogP contribution >= 0.6 is 34.2 Å². The van der Waals surface area contributed by atoms with Gasteiger partial charge in [-0.3, -0.25) is 4.79 Å². The van der Waals surface area contributed by atoms with E-state index in [-0.39, 0.29) is 5.91 Å². The maximum absolute atomic E-state index is 12.1. The van der Waals surface area contributed by atoms with Gasteiger partial charge in [-0.05, 0) is 59.8 Å². The predicted molar refractivity (Wildman–Crippen MR) is 85.5 cm³/mol. The van der Waals surface area contributed by atoms with E-state index in [1.165, 1.54) is 6.07 Å². The number of benzene rings is 1. The summed E-state index contributed by atoms with van der Waals surface area (Å²) in [7, 11) is 0. The van der Waals surface area contributed by atoms with Crippen molar-refractivity contribution < 1.29 is 4.79 Å². The van der Waals surface area contributed by atoms with Crippen LogP contribution in [-0.4, -0.2) is 10.9 Å². The fourth-order valence-corrected chi connectivity index (χ4v) is 2.51. The molecule has 6 heteroatoms. The van der Waals surface area contributed by atoms with Crippen molar-refractivity contribution in [2.75, 3.05) is 11.1 Å². The molecule has 0 fully saturated rings. The van der Waals surface area contributed by atoms with Crippen molar-refractivity contribution >= 4 is 51.6 Å². The number of hydrogen-bond donors (Lipinski definition) is 2. The summed E-state index contributed by atoms with van der Waals surface area (Å²) in [6.45, 7) is 1.78. The molecular formula is C13H11ClIN3O.